The molecule has 1 heterocycles. The Morgan fingerprint density at radius 3 is 3.10 bits per heavy atom. The van der Waals surface area contributed by atoms with E-state index in [0.29, 0.717) is 19.4 Å². The Kier molecular flexibility index (Phi) is 4.79. The predicted molar refractivity (Wildman–Crippen MR) is 74.7 cm³/mol. The number of oxime groups is 1. The van der Waals surface area contributed by atoms with Crippen LogP contribution in [0.15, 0.2) is 23.4 Å². The van der Waals surface area contributed by atoms with E-state index >= 15 is 0 Å². The Labute approximate surface area is 117 Å². The molecule has 1 aromatic carbocycles. The van der Waals surface area contributed by atoms with Crippen LogP contribution in [0.25, 0.3) is 0 Å². The zero-order valence-corrected chi connectivity index (χ0v) is 11.6. The van der Waals surface area contributed by atoms with Gasteiger partial charge in [0, 0.05) is 31.5 Å². The van der Waals surface area contributed by atoms with Crippen molar-refractivity contribution in [3.05, 3.63) is 29.6 Å². The molecule has 0 fully saturated rings. The number of nitrogens with two attached hydrogens (primary N) is 1. The highest BCUT2D eigenvalue weighted by molar-refractivity contribution is 5.79. The Bertz CT molecular complexity index is 493. The van der Waals surface area contributed by atoms with Crippen molar-refractivity contribution in [3.63, 3.8) is 0 Å². The molecule has 1 atom stereocenters. The number of benzene rings is 1. The lowest BCUT2D eigenvalue weighted by molar-refractivity contribution is 0.156. The Morgan fingerprint density at radius 1 is 1.60 bits per heavy atom. The Balaban J connectivity index is 1.88. The van der Waals surface area contributed by atoms with Gasteiger partial charge in [-0.15, -0.1) is 0 Å². The van der Waals surface area contributed by atoms with Gasteiger partial charge in [0.2, 0.25) is 0 Å². The fourth-order valence-electron chi connectivity index (χ4n) is 2.38. The number of fused-ring (bicyclic) bond motifs is 1. The molecule has 20 heavy (non-hydrogen) atoms. The molecule has 0 aromatic heterocycles. The molecular weight excluding hydrogens is 261 g/mol. The van der Waals surface area contributed by atoms with Gasteiger partial charge in [-0.25, -0.2) is 4.39 Å². The van der Waals surface area contributed by atoms with E-state index < -0.39 is 0 Å². The van der Waals surface area contributed by atoms with E-state index in [1.807, 2.05) is 6.92 Å². The Morgan fingerprint density at radius 2 is 2.40 bits per heavy atom. The summed E-state index contributed by atoms with van der Waals surface area (Å²) in [7, 11) is 0. The number of likely N-dealkylation sites (N-methyl/N-ethyl adjacent to an activating group) is 1. The number of amidine groups is 1. The third-order valence-electron chi connectivity index (χ3n) is 3.49. The molecule has 6 heteroatoms. The van der Waals surface area contributed by atoms with Gasteiger partial charge in [0.1, 0.15) is 23.5 Å². The topological polar surface area (TPSA) is 71.1 Å². The molecule has 3 N–H and O–H groups in total. The van der Waals surface area contributed by atoms with Crippen molar-refractivity contribution in [1.29, 1.82) is 0 Å². The van der Waals surface area contributed by atoms with E-state index in [-0.39, 0.29) is 17.8 Å². The van der Waals surface area contributed by atoms with Gasteiger partial charge in [-0.1, -0.05) is 12.1 Å². The van der Waals surface area contributed by atoms with Gasteiger partial charge in [-0.2, -0.15) is 0 Å². The predicted octanol–water partition coefficient (Wildman–Crippen LogP) is 1.59. The molecule has 1 aliphatic rings. The molecule has 1 unspecified atom stereocenters. The van der Waals surface area contributed by atoms with E-state index in [1.54, 1.807) is 6.07 Å². The van der Waals surface area contributed by atoms with Crippen LogP contribution in [0.1, 0.15) is 18.9 Å². The highest BCUT2D eigenvalue weighted by Crippen LogP contribution is 2.29. The summed E-state index contributed by atoms with van der Waals surface area (Å²) in [5.41, 5.74) is 6.39. The summed E-state index contributed by atoms with van der Waals surface area (Å²) in [6.45, 7) is 4.35. The van der Waals surface area contributed by atoms with Crippen LogP contribution in [-0.2, 0) is 6.42 Å². The smallest absolute Gasteiger partial charge is 0.140 e. The summed E-state index contributed by atoms with van der Waals surface area (Å²) < 4.78 is 19.0. The summed E-state index contributed by atoms with van der Waals surface area (Å²) in [5.74, 6) is 0.761. The second-order valence-electron chi connectivity index (χ2n) is 4.93. The molecular formula is C14H20FN3O2. The lowest BCUT2D eigenvalue weighted by Crippen LogP contribution is -2.36. The zero-order chi connectivity index (χ0) is 14.5. The van der Waals surface area contributed by atoms with E-state index in [2.05, 4.69) is 10.1 Å². The second kappa shape index (κ2) is 6.56. The van der Waals surface area contributed by atoms with E-state index in [4.69, 9.17) is 15.7 Å². The lowest BCUT2D eigenvalue weighted by atomic mass is 10.1. The van der Waals surface area contributed by atoms with Crippen molar-refractivity contribution in [2.24, 2.45) is 10.9 Å². The van der Waals surface area contributed by atoms with Gasteiger partial charge in [0.05, 0.1) is 0 Å². The van der Waals surface area contributed by atoms with Crippen LogP contribution < -0.4 is 10.5 Å². The van der Waals surface area contributed by atoms with E-state index in [1.165, 1.54) is 12.1 Å². The summed E-state index contributed by atoms with van der Waals surface area (Å²) in [4.78, 5) is 2.17. The fourth-order valence-corrected chi connectivity index (χ4v) is 2.38. The minimum Gasteiger partial charge on any atom is -0.488 e. The first kappa shape index (κ1) is 14.6. The third kappa shape index (κ3) is 3.60. The highest BCUT2D eigenvalue weighted by Gasteiger charge is 2.24. The zero-order valence-electron chi connectivity index (χ0n) is 11.6. The van der Waals surface area contributed by atoms with Crippen LogP contribution in [0.4, 0.5) is 4.39 Å². The number of halogens is 1. The van der Waals surface area contributed by atoms with Crippen LogP contribution in [0.5, 0.6) is 5.75 Å². The molecule has 0 saturated heterocycles. The molecule has 0 saturated carbocycles. The van der Waals surface area contributed by atoms with Gasteiger partial charge in [-0.3, -0.25) is 4.90 Å². The van der Waals surface area contributed by atoms with Crippen LogP contribution in [0.3, 0.4) is 0 Å². The number of rotatable bonds is 6. The van der Waals surface area contributed by atoms with E-state index in [9.17, 15) is 4.39 Å². The van der Waals surface area contributed by atoms with Crippen molar-refractivity contribution in [2.45, 2.75) is 25.9 Å². The van der Waals surface area contributed by atoms with Crippen LogP contribution in [0, 0.1) is 5.82 Å². The first-order valence-electron chi connectivity index (χ1n) is 6.76. The van der Waals surface area contributed by atoms with Crippen LogP contribution in [0.2, 0.25) is 0 Å². The average Bonchev–Trinajstić information content (AvgIpc) is 2.84. The van der Waals surface area contributed by atoms with Crippen molar-refractivity contribution in [3.8, 4) is 5.75 Å². The molecule has 5 nitrogen and oxygen atoms in total. The molecule has 0 radical (unpaired) electrons. The maximum atomic E-state index is 13.1. The summed E-state index contributed by atoms with van der Waals surface area (Å²) in [6, 6.07) is 4.62. The van der Waals surface area contributed by atoms with Gasteiger partial charge < -0.3 is 15.7 Å². The minimum absolute atomic E-state index is 0.0269. The number of nitrogens with zero attached hydrogens (tertiary/aromatic N) is 2. The maximum absolute atomic E-state index is 13.1. The monoisotopic (exact) mass is 281 g/mol. The molecule has 0 aliphatic carbocycles. The molecule has 0 amide bonds. The van der Waals surface area contributed by atoms with Crippen molar-refractivity contribution in [2.75, 3.05) is 19.6 Å². The highest BCUT2D eigenvalue weighted by atomic mass is 19.1. The normalized spacial score (nSPS) is 18.1. The summed E-state index contributed by atoms with van der Waals surface area (Å²) in [5, 5.41) is 11.5. The lowest BCUT2D eigenvalue weighted by Gasteiger charge is -2.23. The number of hydrogen-bond donors (Lipinski definition) is 2. The van der Waals surface area contributed by atoms with Crippen molar-refractivity contribution in [1.82, 2.24) is 4.90 Å². The van der Waals surface area contributed by atoms with Gasteiger partial charge >= 0.3 is 0 Å². The Hall–Kier alpha value is -1.82. The largest absolute Gasteiger partial charge is 0.488 e. The molecule has 1 aliphatic heterocycles. The first-order chi connectivity index (χ1) is 9.62. The van der Waals surface area contributed by atoms with Gasteiger partial charge in [-0.05, 0) is 24.7 Å². The van der Waals surface area contributed by atoms with Gasteiger partial charge in [0.15, 0.2) is 0 Å². The van der Waals surface area contributed by atoms with Crippen molar-refractivity contribution >= 4 is 5.84 Å². The molecule has 2 rings (SSSR count). The third-order valence-corrected chi connectivity index (χ3v) is 3.49. The molecule has 0 bridgehead atoms. The number of hydrogen-bond acceptors (Lipinski definition) is 4. The van der Waals surface area contributed by atoms with Crippen LogP contribution >= 0.6 is 0 Å². The quantitative estimate of drug-likeness (QED) is 0.359. The fraction of sp³-hybridized carbons (Fsp3) is 0.500. The van der Waals surface area contributed by atoms with Gasteiger partial charge in [0.25, 0.3) is 0 Å². The van der Waals surface area contributed by atoms with E-state index in [0.717, 1.165) is 24.4 Å². The SMILES string of the molecule is CCN(CCC(N)=NO)CC1Cc2cc(F)ccc2O1. The number of ether oxygens (including phenoxy) is 1. The molecule has 1 aromatic rings. The molecule has 0 spiro atoms. The summed E-state index contributed by atoms with van der Waals surface area (Å²) in [6.07, 6.45) is 1.25. The summed E-state index contributed by atoms with van der Waals surface area (Å²) >= 11 is 0. The maximum Gasteiger partial charge on any atom is 0.140 e. The standard InChI is InChI=1S/C14H20FN3O2/c1-2-18(6-5-14(16)17-19)9-12-8-10-7-11(15)3-4-13(10)20-12/h3-4,7,12,19H,2,5-6,8-9H2,1H3,(H2,16,17). The first-order valence-corrected chi connectivity index (χ1v) is 6.76. The van der Waals surface area contributed by atoms with Crippen molar-refractivity contribution < 1.29 is 14.3 Å². The van der Waals surface area contributed by atoms with Crippen LogP contribution in [-0.4, -0.2) is 41.7 Å². The average molecular weight is 281 g/mol. The minimum atomic E-state index is -0.229. The second-order valence-corrected chi connectivity index (χ2v) is 4.93. The molecule has 110 valence electrons.